The highest BCUT2D eigenvalue weighted by Gasteiger charge is 2.30. The van der Waals surface area contributed by atoms with Crippen molar-refractivity contribution in [3.63, 3.8) is 0 Å². The molecule has 34 heavy (non-hydrogen) atoms. The molecule has 0 amide bonds. The Morgan fingerprint density at radius 3 is 2.53 bits per heavy atom. The van der Waals surface area contributed by atoms with Gasteiger partial charge >= 0.3 is 5.97 Å². The van der Waals surface area contributed by atoms with Crippen LogP contribution in [0.3, 0.4) is 0 Å². The second-order valence-corrected chi connectivity index (χ2v) is 8.83. The van der Waals surface area contributed by atoms with Gasteiger partial charge in [0, 0.05) is 24.2 Å². The Morgan fingerprint density at radius 1 is 0.971 bits per heavy atom. The zero-order valence-electron chi connectivity index (χ0n) is 20.0. The van der Waals surface area contributed by atoms with E-state index in [2.05, 4.69) is 30.9 Å². The minimum atomic E-state index is -0.278. The van der Waals surface area contributed by atoms with E-state index in [9.17, 15) is 9.90 Å². The topological polar surface area (TPSA) is 59.0 Å². The number of phenols is 1. The molecule has 0 radical (unpaired) electrons. The summed E-state index contributed by atoms with van der Waals surface area (Å²) >= 11 is 0. The van der Waals surface area contributed by atoms with Gasteiger partial charge in [-0.15, -0.1) is 0 Å². The van der Waals surface area contributed by atoms with E-state index < -0.39 is 0 Å². The lowest BCUT2D eigenvalue weighted by atomic mass is 10.0. The minimum Gasteiger partial charge on any atom is -0.508 e. The van der Waals surface area contributed by atoms with Gasteiger partial charge in [0.05, 0.1) is 5.56 Å². The zero-order valence-corrected chi connectivity index (χ0v) is 20.0. The van der Waals surface area contributed by atoms with Crippen LogP contribution in [-0.2, 0) is 24.4 Å². The summed E-state index contributed by atoms with van der Waals surface area (Å²) in [5, 5.41) is 10.6. The average Bonchev–Trinajstić information content (AvgIpc) is 3.17. The van der Waals surface area contributed by atoms with Gasteiger partial charge in [0.25, 0.3) is 0 Å². The van der Waals surface area contributed by atoms with Gasteiger partial charge in [-0.05, 0) is 48.7 Å². The molecule has 1 atom stereocenters. The largest absolute Gasteiger partial charge is 0.508 e. The van der Waals surface area contributed by atoms with Gasteiger partial charge in [-0.1, -0.05) is 68.8 Å². The summed E-state index contributed by atoms with van der Waals surface area (Å²) in [6.07, 6.45) is 2.80. The fourth-order valence-corrected chi connectivity index (χ4v) is 4.30. The molecule has 0 saturated carbocycles. The normalized spacial score (nSPS) is 14.8. The van der Waals surface area contributed by atoms with Crippen molar-refractivity contribution in [2.24, 2.45) is 0 Å². The predicted molar refractivity (Wildman–Crippen MR) is 133 cm³/mol. The number of nitrogens with zero attached hydrogens (tertiary/aromatic N) is 1. The highest BCUT2D eigenvalue weighted by Crippen LogP contribution is 2.36. The van der Waals surface area contributed by atoms with Crippen LogP contribution in [0.4, 0.5) is 0 Å². The molecular weight excluding hydrogens is 426 g/mol. The number of hydrogen-bond donors (Lipinski definition) is 1. The maximum Gasteiger partial charge on any atom is 0.339 e. The van der Waals surface area contributed by atoms with Gasteiger partial charge in [-0.25, -0.2) is 4.79 Å². The van der Waals surface area contributed by atoms with Crippen LogP contribution < -0.4 is 4.74 Å². The Morgan fingerprint density at radius 2 is 1.79 bits per heavy atom. The quantitative estimate of drug-likeness (QED) is 0.337. The first-order chi connectivity index (χ1) is 16.6. The molecule has 1 N–H and O–H groups in total. The SMILES string of the molecule is CCCCC1OC(=O)c2cc(OCc3ccc(CN(CC)Cc4ccccc4)c(O)c3)ccc21. The highest BCUT2D eigenvalue weighted by atomic mass is 16.5. The molecular formula is C29H33NO4. The molecule has 3 aromatic rings. The number of unbranched alkanes of at least 4 members (excludes halogenated alkanes) is 1. The molecule has 1 aliphatic rings. The lowest BCUT2D eigenvalue weighted by Crippen LogP contribution is -2.22. The number of ether oxygens (including phenoxy) is 2. The Balaban J connectivity index is 1.37. The van der Waals surface area contributed by atoms with Crippen molar-refractivity contribution in [2.75, 3.05) is 6.54 Å². The van der Waals surface area contributed by atoms with E-state index >= 15 is 0 Å². The van der Waals surface area contributed by atoms with Gasteiger partial charge < -0.3 is 14.6 Å². The van der Waals surface area contributed by atoms with E-state index in [4.69, 9.17) is 9.47 Å². The summed E-state index contributed by atoms with van der Waals surface area (Å²) in [6.45, 7) is 6.96. The second-order valence-electron chi connectivity index (χ2n) is 8.83. The first-order valence-electron chi connectivity index (χ1n) is 12.1. The van der Waals surface area contributed by atoms with Crippen molar-refractivity contribution in [1.29, 1.82) is 0 Å². The van der Waals surface area contributed by atoms with Crippen LogP contribution in [0.2, 0.25) is 0 Å². The third kappa shape index (κ3) is 5.78. The maximum absolute atomic E-state index is 12.3. The number of aromatic hydroxyl groups is 1. The van der Waals surface area contributed by atoms with Crippen molar-refractivity contribution in [3.05, 3.63) is 94.5 Å². The van der Waals surface area contributed by atoms with Crippen LogP contribution in [-0.4, -0.2) is 22.5 Å². The number of phenolic OH excluding ortho intramolecular Hbond substituents is 1. The van der Waals surface area contributed by atoms with Crippen molar-refractivity contribution in [1.82, 2.24) is 4.90 Å². The lowest BCUT2D eigenvalue weighted by molar-refractivity contribution is 0.0364. The molecule has 1 aliphatic heterocycles. The Hall–Kier alpha value is -3.31. The summed E-state index contributed by atoms with van der Waals surface area (Å²) in [5.74, 6) is 0.610. The molecule has 1 unspecified atom stereocenters. The monoisotopic (exact) mass is 459 g/mol. The van der Waals surface area contributed by atoms with Gasteiger partial charge in [-0.3, -0.25) is 4.90 Å². The Kier molecular flexibility index (Phi) is 7.86. The smallest absolute Gasteiger partial charge is 0.339 e. The molecule has 3 aromatic carbocycles. The summed E-state index contributed by atoms with van der Waals surface area (Å²) < 4.78 is 11.5. The summed E-state index contributed by atoms with van der Waals surface area (Å²) in [5.41, 5.74) is 4.55. The number of cyclic esters (lactones) is 1. The molecule has 0 saturated heterocycles. The first kappa shape index (κ1) is 23.8. The van der Waals surface area contributed by atoms with Crippen LogP contribution in [0.25, 0.3) is 0 Å². The average molecular weight is 460 g/mol. The predicted octanol–water partition coefficient (Wildman–Crippen LogP) is 6.40. The van der Waals surface area contributed by atoms with Crippen molar-refractivity contribution >= 4 is 5.97 Å². The first-order valence-corrected chi connectivity index (χ1v) is 12.1. The number of esters is 1. The van der Waals surface area contributed by atoms with Crippen LogP contribution in [0.1, 0.15) is 71.8 Å². The number of rotatable bonds is 11. The Labute approximate surface area is 201 Å². The third-order valence-electron chi connectivity index (χ3n) is 6.31. The number of carbonyl (C=O) groups excluding carboxylic acids is 1. The van der Waals surface area contributed by atoms with Crippen molar-refractivity contribution in [3.8, 4) is 11.5 Å². The summed E-state index contributed by atoms with van der Waals surface area (Å²) in [7, 11) is 0. The van der Waals surface area contributed by atoms with E-state index in [1.165, 1.54) is 5.56 Å². The summed E-state index contributed by atoms with van der Waals surface area (Å²) in [4.78, 5) is 14.6. The minimum absolute atomic E-state index is 0.148. The molecule has 5 nitrogen and oxygen atoms in total. The highest BCUT2D eigenvalue weighted by molar-refractivity contribution is 5.94. The second kappa shape index (κ2) is 11.2. The van der Waals surface area contributed by atoms with E-state index in [1.807, 2.05) is 42.5 Å². The van der Waals surface area contributed by atoms with E-state index in [0.717, 1.165) is 49.0 Å². The van der Waals surface area contributed by atoms with Gasteiger partial charge in [0.15, 0.2) is 0 Å². The number of carbonyl (C=O) groups is 1. The third-order valence-corrected chi connectivity index (χ3v) is 6.31. The van der Waals surface area contributed by atoms with Gasteiger partial charge in [-0.2, -0.15) is 0 Å². The molecule has 178 valence electrons. The van der Waals surface area contributed by atoms with Gasteiger partial charge in [0.2, 0.25) is 0 Å². The maximum atomic E-state index is 12.3. The van der Waals surface area contributed by atoms with E-state index in [0.29, 0.717) is 24.5 Å². The molecule has 0 bridgehead atoms. The molecule has 1 heterocycles. The van der Waals surface area contributed by atoms with Crippen LogP contribution in [0.15, 0.2) is 66.7 Å². The van der Waals surface area contributed by atoms with Crippen LogP contribution in [0.5, 0.6) is 11.5 Å². The fraction of sp³-hybridized carbons (Fsp3) is 0.345. The van der Waals surface area contributed by atoms with Crippen LogP contribution in [0, 0.1) is 0 Å². The van der Waals surface area contributed by atoms with Crippen LogP contribution >= 0.6 is 0 Å². The Bertz CT molecular complexity index is 1110. The molecule has 0 fully saturated rings. The van der Waals surface area contributed by atoms with E-state index in [1.54, 1.807) is 12.1 Å². The van der Waals surface area contributed by atoms with Crippen molar-refractivity contribution in [2.45, 2.75) is 58.9 Å². The number of hydrogen-bond acceptors (Lipinski definition) is 5. The molecule has 5 heteroatoms. The molecule has 0 aromatic heterocycles. The molecule has 4 rings (SSSR count). The van der Waals surface area contributed by atoms with Crippen molar-refractivity contribution < 1.29 is 19.4 Å². The number of benzene rings is 3. The molecule has 0 aliphatic carbocycles. The van der Waals surface area contributed by atoms with E-state index in [-0.39, 0.29) is 17.8 Å². The fourth-order valence-electron chi connectivity index (χ4n) is 4.30. The molecule has 0 spiro atoms. The summed E-state index contributed by atoms with van der Waals surface area (Å²) in [6, 6.07) is 21.6. The zero-order chi connectivity index (χ0) is 23.9. The lowest BCUT2D eigenvalue weighted by Gasteiger charge is -2.21. The number of fused-ring (bicyclic) bond motifs is 1. The van der Waals surface area contributed by atoms with Gasteiger partial charge in [0.1, 0.15) is 24.2 Å². The standard InChI is InChI=1S/C29H33NO4/c1-3-5-11-28-25-15-14-24(17-26(25)29(32)34-28)33-20-22-12-13-23(27(31)16-22)19-30(4-2)18-21-9-7-6-8-10-21/h6-10,12-17,28,31H,3-5,11,18-20H2,1-2H3.